The molecule has 130 valence electrons. The predicted octanol–water partition coefficient (Wildman–Crippen LogP) is 3.93. The average Bonchev–Trinajstić information content (AvgIpc) is 3.23. The molecular weight excluding hydrogens is 334 g/mol. The van der Waals surface area contributed by atoms with Gasteiger partial charge in [-0.3, -0.25) is 10.1 Å². The van der Waals surface area contributed by atoms with E-state index in [1.807, 2.05) is 30.3 Å². The van der Waals surface area contributed by atoms with Crippen LogP contribution >= 0.6 is 11.3 Å². The SMILES string of the molecule is O=C(Nc1nc2c(s1)CCCCCC2)[C@@H]1CC(c2ccccc2)=NO1. The summed E-state index contributed by atoms with van der Waals surface area (Å²) in [4.78, 5) is 23.8. The van der Waals surface area contributed by atoms with Gasteiger partial charge in [0.15, 0.2) is 5.13 Å². The molecule has 6 heteroatoms. The lowest BCUT2D eigenvalue weighted by molar-refractivity contribution is -0.125. The number of hydrogen-bond donors (Lipinski definition) is 1. The minimum Gasteiger partial charge on any atom is -0.382 e. The molecule has 1 atom stereocenters. The summed E-state index contributed by atoms with van der Waals surface area (Å²) in [6.07, 6.45) is 6.95. The van der Waals surface area contributed by atoms with Crippen molar-refractivity contribution in [3.63, 3.8) is 0 Å². The Kier molecular flexibility index (Phi) is 4.78. The van der Waals surface area contributed by atoms with E-state index in [0.29, 0.717) is 11.6 Å². The summed E-state index contributed by atoms with van der Waals surface area (Å²) in [6.45, 7) is 0. The Balaban J connectivity index is 1.39. The Bertz CT molecular complexity index is 760. The highest BCUT2D eigenvalue weighted by molar-refractivity contribution is 7.15. The molecule has 1 N–H and O–H groups in total. The van der Waals surface area contributed by atoms with E-state index in [9.17, 15) is 4.79 Å². The Labute approximate surface area is 151 Å². The van der Waals surface area contributed by atoms with Gasteiger partial charge in [0, 0.05) is 11.3 Å². The fraction of sp³-hybridized carbons (Fsp3) is 0.421. The largest absolute Gasteiger partial charge is 0.382 e. The van der Waals surface area contributed by atoms with E-state index < -0.39 is 6.10 Å². The van der Waals surface area contributed by atoms with Crippen molar-refractivity contribution in [1.29, 1.82) is 0 Å². The molecule has 2 aliphatic rings. The van der Waals surface area contributed by atoms with Gasteiger partial charge in [-0.2, -0.15) is 0 Å². The number of carbonyl (C=O) groups excluding carboxylic acids is 1. The minimum absolute atomic E-state index is 0.170. The van der Waals surface area contributed by atoms with E-state index in [2.05, 4.69) is 15.5 Å². The number of aromatic nitrogens is 1. The minimum atomic E-state index is -0.582. The van der Waals surface area contributed by atoms with E-state index in [-0.39, 0.29) is 5.91 Å². The van der Waals surface area contributed by atoms with Crippen molar-refractivity contribution in [2.45, 2.75) is 51.0 Å². The molecule has 0 bridgehead atoms. The van der Waals surface area contributed by atoms with Crippen LogP contribution in [0.5, 0.6) is 0 Å². The lowest BCUT2D eigenvalue weighted by atomic mass is 10.0. The Morgan fingerprint density at radius 2 is 1.92 bits per heavy atom. The van der Waals surface area contributed by atoms with Crippen molar-refractivity contribution in [1.82, 2.24) is 4.98 Å². The Morgan fingerprint density at radius 1 is 1.12 bits per heavy atom. The summed E-state index contributed by atoms with van der Waals surface area (Å²) >= 11 is 1.61. The molecule has 0 spiro atoms. The van der Waals surface area contributed by atoms with Crippen LogP contribution in [0.25, 0.3) is 0 Å². The monoisotopic (exact) mass is 355 g/mol. The number of rotatable bonds is 3. The lowest BCUT2D eigenvalue weighted by Gasteiger charge is -2.07. The van der Waals surface area contributed by atoms with Crippen molar-refractivity contribution >= 4 is 28.1 Å². The third-order valence-corrected chi connectivity index (χ3v) is 5.72. The van der Waals surface area contributed by atoms with Gasteiger partial charge in [0.05, 0.1) is 11.4 Å². The number of carbonyl (C=O) groups is 1. The number of hydrogen-bond acceptors (Lipinski definition) is 5. The standard InChI is InChI=1S/C19H21N3O2S/c23-18(16-12-15(22-24-16)13-8-4-3-5-9-13)21-19-20-14-10-6-1-2-7-11-17(14)25-19/h3-5,8-9,16H,1-2,6-7,10-12H2,(H,20,21,23)/t16-/m0/s1. The van der Waals surface area contributed by atoms with Gasteiger partial charge in [-0.15, -0.1) is 11.3 Å². The molecule has 2 aromatic rings. The molecule has 25 heavy (non-hydrogen) atoms. The summed E-state index contributed by atoms with van der Waals surface area (Å²) < 4.78 is 0. The summed E-state index contributed by atoms with van der Waals surface area (Å²) in [6, 6.07) is 9.82. The van der Waals surface area contributed by atoms with Gasteiger partial charge >= 0.3 is 0 Å². The maximum atomic E-state index is 12.5. The van der Waals surface area contributed by atoms with Crippen molar-refractivity contribution in [3.8, 4) is 0 Å². The van der Waals surface area contributed by atoms with Crippen LogP contribution in [0, 0.1) is 0 Å². The van der Waals surface area contributed by atoms with E-state index in [1.54, 1.807) is 11.3 Å². The molecule has 0 unspecified atom stereocenters. The fourth-order valence-corrected chi connectivity index (χ4v) is 4.32. The quantitative estimate of drug-likeness (QED) is 0.907. The molecule has 1 aliphatic carbocycles. The van der Waals surface area contributed by atoms with Gasteiger partial charge in [-0.25, -0.2) is 4.98 Å². The van der Waals surface area contributed by atoms with Crippen molar-refractivity contribution in [2.24, 2.45) is 5.16 Å². The second-order valence-electron chi connectivity index (χ2n) is 6.49. The summed E-state index contributed by atoms with van der Waals surface area (Å²) in [5, 5.41) is 7.69. The van der Waals surface area contributed by atoms with Crippen LogP contribution in [0.2, 0.25) is 0 Å². The first kappa shape index (κ1) is 16.3. The fourth-order valence-electron chi connectivity index (χ4n) is 3.26. The van der Waals surface area contributed by atoms with Crippen LogP contribution in [0.3, 0.4) is 0 Å². The molecule has 0 fully saturated rings. The van der Waals surface area contributed by atoms with Crippen LogP contribution in [0.15, 0.2) is 35.5 Å². The van der Waals surface area contributed by atoms with Gasteiger partial charge in [-0.1, -0.05) is 48.3 Å². The van der Waals surface area contributed by atoms with Crippen LogP contribution in [-0.4, -0.2) is 22.7 Å². The first-order chi connectivity index (χ1) is 12.3. The van der Waals surface area contributed by atoms with Gasteiger partial charge in [-0.05, 0) is 31.2 Å². The summed E-state index contributed by atoms with van der Waals surface area (Å²) in [7, 11) is 0. The van der Waals surface area contributed by atoms with Crippen LogP contribution < -0.4 is 5.32 Å². The molecule has 4 rings (SSSR count). The van der Waals surface area contributed by atoms with Gasteiger partial charge in [0.2, 0.25) is 6.10 Å². The molecule has 0 radical (unpaired) electrons. The van der Waals surface area contributed by atoms with Gasteiger partial charge in [0.1, 0.15) is 0 Å². The topological polar surface area (TPSA) is 63.6 Å². The maximum Gasteiger partial charge on any atom is 0.270 e. The second kappa shape index (κ2) is 7.35. The van der Waals surface area contributed by atoms with Gasteiger partial charge in [0.25, 0.3) is 5.91 Å². The highest BCUT2D eigenvalue weighted by Gasteiger charge is 2.29. The van der Waals surface area contributed by atoms with Crippen molar-refractivity contribution < 1.29 is 9.63 Å². The number of amides is 1. The zero-order valence-electron chi connectivity index (χ0n) is 14.0. The Morgan fingerprint density at radius 3 is 2.76 bits per heavy atom. The molecule has 5 nitrogen and oxygen atoms in total. The second-order valence-corrected chi connectivity index (χ2v) is 7.58. The molecule has 1 aromatic heterocycles. The zero-order valence-corrected chi connectivity index (χ0v) is 14.8. The predicted molar refractivity (Wildman–Crippen MR) is 99.1 cm³/mol. The van der Waals surface area contributed by atoms with Crippen molar-refractivity contribution in [2.75, 3.05) is 5.32 Å². The third-order valence-electron chi connectivity index (χ3n) is 4.64. The van der Waals surface area contributed by atoms with Crippen LogP contribution in [0.4, 0.5) is 5.13 Å². The molecule has 0 saturated carbocycles. The molecule has 1 aliphatic heterocycles. The first-order valence-corrected chi connectivity index (χ1v) is 9.69. The Hall–Kier alpha value is -2.21. The van der Waals surface area contributed by atoms with E-state index in [4.69, 9.17) is 4.84 Å². The highest BCUT2D eigenvalue weighted by atomic mass is 32.1. The first-order valence-electron chi connectivity index (χ1n) is 8.87. The number of fused-ring (bicyclic) bond motifs is 1. The maximum absolute atomic E-state index is 12.5. The normalized spacial score (nSPS) is 20.0. The molecule has 1 aromatic carbocycles. The summed E-state index contributed by atoms with van der Waals surface area (Å²) in [5.41, 5.74) is 2.97. The average molecular weight is 355 g/mol. The number of aryl methyl sites for hydroxylation is 2. The highest BCUT2D eigenvalue weighted by Crippen LogP contribution is 2.29. The number of oxime groups is 1. The number of nitrogens with one attached hydrogen (secondary N) is 1. The molecule has 1 amide bonds. The number of anilines is 1. The van der Waals surface area contributed by atoms with E-state index >= 15 is 0 Å². The molecular formula is C19H21N3O2S. The summed E-state index contributed by atoms with van der Waals surface area (Å²) in [5.74, 6) is -0.170. The lowest BCUT2D eigenvalue weighted by Crippen LogP contribution is -2.28. The zero-order chi connectivity index (χ0) is 17.1. The smallest absolute Gasteiger partial charge is 0.270 e. The van der Waals surface area contributed by atoms with Crippen LogP contribution in [0.1, 0.15) is 48.2 Å². The van der Waals surface area contributed by atoms with Crippen LogP contribution in [-0.2, 0) is 22.5 Å². The molecule has 0 saturated heterocycles. The van der Waals surface area contributed by atoms with Crippen molar-refractivity contribution in [3.05, 3.63) is 46.5 Å². The van der Waals surface area contributed by atoms with E-state index in [1.165, 1.54) is 30.6 Å². The van der Waals surface area contributed by atoms with Gasteiger partial charge < -0.3 is 4.84 Å². The van der Waals surface area contributed by atoms with E-state index in [0.717, 1.165) is 29.8 Å². The third kappa shape index (κ3) is 3.74. The number of nitrogens with zero attached hydrogens (tertiary/aromatic N) is 2. The number of thiazole rings is 1. The number of benzene rings is 1. The molecule has 2 heterocycles.